The summed E-state index contributed by atoms with van der Waals surface area (Å²) in [6, 6.07) is 23.4. The average Bonchev–Trinajstić information content (AvgIpc) is 2.74. The van der Waals surface area contributed by atoms with Gasteiger partial charge in [0.25, 0.3) is 0 Å². The Hall–Kier alpha value is -3.12. The molecule has 0 fully saturated rings. The molecular weight excluding hydrogens is 408 g/mol. The maximum atomic E-state index is 13.3. The summed E-state index contributed by atoms with van der Waals surface area (Å²) in [4.78, 5) is 13.3. The molecule has 3 rings (SSSR count). The Labute approximate surface area is 184 Å². The second-order valence-electron chi connectivity index (χ2n) is 7.83. The molecule has 0 aliphatic rings. The van der Waals surface area contributed by atoms with Crippen LogP contribution in [0, 0.1) is 13.8 Å². The minimum atomic E-state index is -3.67. The third kappa shape index (κ3) is 5.52. The molecule has 0 saturated carbocycles. The molecule has 1 N–H and O–H groups in total. The largest absolute Gasteiger partial charge is 0.343 e. The van der Waals surface area contributed by atoms with E-state index >= 15 is 0 Å². The first kappa shape index (κ1) is 22.6. The molecule has 3 aromatic carbocycles. The van der Waals surface area contributed by atoms with E-state index in [-0.39, 0.29) is 5.91 Å². The smallest absolute Gasteiger partial charge is 0.244 e. The quantitative estimate of drug-likeness (QED) is 0.598. The van der Waals surface area contributed by atoms with Gasteiger partial charge in [0, 0.05) is 0 Å². The minimum absolute atomic E-state index is 0.375. The SMILES string of the molecule is Cc1ccc([C@@H](NC(=O)[C@H](C)N(c2ccc(C)cc2)S(C)(=O)=O)c2ccccc2)cc1. The van der Waals surface area contributed by atoms with E-state index in [0.717, 1.165) is 28.5 Å². The average molecular weight is 437 g/mol. The molecule has 1 amide bonds. The first-order chi connectivity index (χ1) is 14.7. The van der Waals surface area contributed by atoms with Crippen LogP contribution in [0.25, 0.3) is 0 Å². The van der Waals surface area contributed by atoms with Crippen LogP contribution in [0.1, 0.15) is 35.2 Å². The number of benzene rings is 3. The van der Waals surface area contributed by atoms with Gasteiger partial charge >= 0.3 is 0 Å². The van der Waals surface area contributed by atoms with E-state index in [0.29, 0.717) is 5.69 Å². The van der Waals surface area contributed by atoms with Gasteiger partial charge in [-0.25, -0.2) is 8.42 Å². The zero-order valence-electron chi connectivity index (χ0n) is 18.2. The Morgan fingerprint density at radius 1 is 0.806 bits per heavy atom. The Bertz CT molecular complexity index is 1130. The number of nitrogens with one attached hydrogen (secondary N) is 1. The van der Waals surface area contributed by atoms with Gasteiger partial charge in [0.1, 0.15) is 6.04 Å². The fourth-order valence-electron chi connectivity index (χ4n) is 3.53. The number of nitrogens with zero attached hydrogens (tertiary/aromatic N) is 1. The van der Waals surface area contributed by atoms with Crippen molar-refractivity contribution in [2.45, 2.75) is 32.9 Å². The highest BCUT2D eigenvalue weighted by Gasteiger charge is 2.30. The van der Waals surface area contributed by atoms with Crippen LogP contribution in [0.5, 0.6) is 0 Å². The number of amides is 1. The number of carbonyl (C=O) groups is 1. The molecule has 2 atom stereocenters. The van der Waals surface area contributed by atoms with Gasteiger partial charge in [0.15, 0.2) is 0 Å². The van der Waals surface area contributed by atoms with Crippen LogP contribution in [0.15, 0.2) is 78.9 Å². The fraction of sp³-hybridized carbons (Fsp3) is 0.240. The molecule has 0 spiro atoms. The lowest BCUT2D eigenvalue weighted by Gasteiger charge is -2.30. The Kier molecular flexibility index (Phi) is 6.81. The molecule has 5 nitrogen and oxygen atoms in total. The second kappa shape index (κ2) is 9.35. The second-order valence-corrected chi connectivity index (χ2v) is 9.69. The van der Waals surface area contributed by atoms with Crippen molar-refractivity contribution in [2.75, 3.05) is 10.6 Å². The molecule has 0 bridgehead atoms. The maximum Gasteiger partial charge on any atom is 0.244 e. The van der Waals surface area contributed by atoms with Gasteiger partial charge in [0.2, 0.25) is 15.9 Å². The molecule has 0 aliphatic heterocycles. The van der Waals surface area contributed by atoms with Gasteiger partial charge in [-0.1, -0.05) is 77.9 Å². The predicted molar refractivity (Wildman–Crippen MR) is 126 cm³/mol. The zero-order chi connectivity index (χ0) is 22.6. The van der Waals surface area contributed by atoms with Crippen molar-refractivity contribution in [1.82, 2.24) is 5.32 Å². The van der Waals surface area contributed by atoms with Crippen LogP contribution in [0.4, 0.5) is 5.69 Å². The highest BCUT2D eigenvalue weighted by atomic mass is 32.2. The molecule has 0 radical (unpaired) electrons. The molecule has 0 saturated heterocycles. The summed E-state index contributed by atoms with van der Waals surface area (Å²) in [6.45, 7) is 5.54. The van der Waals surface area contributed by atoms with Gasteiger partial charge in [-0.3, -0.25) is 9.10 Å². The monoisotopic (exact) mass is 436 g/mol. The molecule has 0 unspecified atom stereocenters. The van der Waals surface area contributed by atoms with Gasteiger partial charge in [-0.15, -0.1) is 0 Å². The number of carbonyl (C=O) groups excluding carboxylic acids is 1. The standard InChI is InChI=1S/C25H28N2O3S/c1-18-10-14-22(15-11-18)24(21-8-6-5-7-9-21)26-25(28)20(3)27(31(4,29)30)23-16-12-19(2)13-17-23/h5-17,20,24H,1-4H3,(H,26,28)/t20-,24-/m0/s1. The first-order valence-corrected chi connectivity index (χ1v) is 12.0. The van der Waals surface area contributed by atoms with E-state index in [1.54, 1.807) is 19.1 Å². The highest BCUT2D eigenvalue weighted by Crippen LogP contribution is 2.25. The van der Waals surface area contributed by atoms with Gasteiger partial charge in [-0.05, 0) is 44.0 Å². The summed E-state index contributed by atoms with van der Waals surface area (Å²) in [7, 11) is -3.67. The summed E-state index contributed by atoms with van der Waals surface area (Å²) in [5.41, 5.74) is 4.45. The molecule has 6 heteroatoms. The fourth-order valence-corrected chi connectivity index (χ4v) is 4.70. The summed E-state index contributed by atoms with van der Waals surface area (Å²) in [5.74, 6) is -0.375. The molecular formula is C25H28N2O3S. The number of sulfonamides is 1. The summed E-state index contributed by atoms with van der Waals surface area (Å²) in [6.07, 6.45) is 1.12. The Morgan fingerprint density at radius 2 is 1.29 bits per heavy atom. The van der Waals surface area contributed by atoms with Crippen LogP contribution in [-0.4, -0.2) is 26.6 Å². The van der Waals surface area contributed by atoms with Crippen molar-refractivity contribution in [3.05, 3.63) is 101 Å². The van der Waals surface area contributed by atoms with Crippen molar-refractivity contribution in [1.29, 1.82) is 0 Å². The van der Waals surface area contributed by atoms with Crippen molar-refractivity contribution in [2.24, 2.45) is 0 Å². The number of hydrogen-bond acceptors (Lipinski definition) is 3. The van der Waals surface area contributed by atoms with Crippen molar-refractivity contribution >= 4 is 21.6 Å². The minimum Gasteiger partial charge on any atom is -0.343 e. The molecule has 162 valence electrons. The highest BCUT2D eigenvalue weighted by molar-refractivity contribution is 7.92. The third-order valence-electron chi connectivity index (χ3n) is 5.21. The van der Waals surface area contributed by atoms with E-state index in [1.807, 2.05) is 80.6 Å². The number of rotatable bonds is 7. The summed E-state index contributed by atoms with van der Waals surface area (Å²) in [5, 5.41) is 3.06. The Balaban J connectivity index is 1.94. The number of aryl methyl sites for hydroxylation is 2. The summed E-state index contributed by atoms with van der Waals surface area (Å²) < 4.78 is 26.3. The van der Waals surface area contributed by atoms with E-state index < -0.39 is 22.1 Å². The van der Waals surface area contributed by atoms with Crippen LogP contribution in [0.2, 0.25) is 0 Å². The van der Waals surface area contributed by atoms with E-state index in [9.17, 15) is 13.2 Å². The van der Waals surface area contributed by atoms with Crippen LogP contribution in [-0.2, 0) is 14.8 Å². The maximum absolute atomic E-state index is 13.3. The van der Waals surface area contributed by atoms with Gasteiger partial charge < -0.3 is 5.32 Å². The molecule has 0 aliphatic carbocycles. The molecule has 3 aromatic rings. The normalized spacial score (nSPS) is 13.3. The van der Waals surface area contributed by atoms with Gasteiger partial charge in [-0.2, -0.15) is 0 Å². The van der Waals surface area contributed by atoms with Crippen LogP contribution in [0.3, 0.4) is 0 Å². The summed E-state index contributed by atoms with van der Waals surface area (Å²) >= 11 is 0. The zero-order valence-corrected chi connectivity index (χ0v) is 19.1. The third-order valence-corrected chi connectivity index (χ3v) is 6.45. The van der Waals surface area contributed by atoms with Gasteiger partial charge in [0.05, 0.1) is 18.0 Å². The number of hydrogen-bond donors (Lipinski definition) is 1. The van der Waals surface area contributed by atoms with Crippen molar-refractivity contribution in [3.8, 4) is 0 Å². The molecule has 31 heavy (non-hydrogen) atoms. The first-order valence-electron chi connectivity index (χ1n) is 10.1. The molecule has 0 heterocycles. The lowest BCUT2D eigenvalue weighted by molar-refractivity contribution is -0.122. The number of anilines is 1. The van der Waals surface area contributed by atoms with E-state index in [4.69, 9.17) is 0 Å². The lowest BCUT2D eigenvalue weighted by Crippen LogP contribution is -2.48. The van der Waals surface area contributed by atoms with E-state index in [2.05, 4.69) is 5.32 Å². The van der Waals surface area contributed by atoms with Crippen LogP contribution >= 0.6 is 0 Å². The van der Waals surface area contributed by atoms with Crippen molar-refractivity contribution in [3.63, 3.8) is 0 Å². The van der Waals surface area contributed by atoms with Crippen molar-refractivity contribution < 1.29 is 13.2 Å². The van der Waals surface area contributed by atoms with Crippen LogP contribution < -0.4 is 9.62 Å². The lowest BCUT2D eigenvalue weighted by atomic mass is 9.97. The molecule has 0 aromatic heterocycles. The van der Waals surface area contributed by atoms with E-state index in [1.165, 1.54) is 4.31 Å². The Morgan fingerprint density at radius 3 is 1.81 bits per heavy atom. The predicted octanol–water partition coefficient (Wildman–Crippen LogP) is 4.36. The topological polar surface area (TPSA) is 66.5 Å².